The Hall–Kier alpha value is -2.96. The molecule has 0 spiro atoms. The molecule has 28 heavy (non-hydrogen) atoms. The number of aromatic nitrogens is 2. The van der Waals surface area contributed by atoms with Crippen molar-refractivity contribution < 1.29 is 9.59 Å². The van der Waals surface area contributed by atoms with Crippen LogP contribution in [0.25, 0.3) is 0 Å². The topological polar surface area (TPSA) is 69.6 Å². The van der Waals surface area contributed by atoms with E-state index in [9.17, 15) is 9.59 Å². The van der Waals surface area contributed by atoms with Crippen LogP contribution in [-0.4, -0.2) is 64.8 Å². The minimum atomic E-state index is -0.852. The standard InChI is InChI=1S/C21H25N5O2/c1-24(16-17-6-3-2-4-7-17)18(27)21(8-9-21)19(28)25-12-14-26(15-13-25)20-22-10-5-11-23-20/h2-7,10-11H,8-9,12-16H2,1H3. The average molecular weight is 379 g/mol. The third kappa shape index (κ3) is 3.56. The maximum absolute atomic E-state index is 13.2. The molecular weight excluding hydrogens is 354 g/mol. The Balaban J connectivity index is 1.37. The fourth-order valence-corrected chi connectivity index (χ4v) is 3.81. The van der Waals surface area contributed by atoms with Gasteiger partial charge in [0, 0.05) is 52.2 Å². The molecule has 146 valence electrons. The van der Waals surface area contributed by atoms with Crippen molar-refractivity contribution in [3.05, 3.63) is 54.4 Å². The van der Waals surface area contributed by atoms with Gasteiger partial charge in [-0.25, -0.2) is 9.97 Å². The zero-order valence-electron chi connectivity index (χ0n) is 16.1. The van der Waals surface area contributed by atoms with Crippen molar-refractivity contribution in [1.29, 1.82) is 0 Å². The summed E-state index contributed by atoms with van der Waals surface area (Å²) in [5.41, 5.74) is 0.215. The molecule has 2 aliphatic rings. The Bertz CT molecular complexity index is 830. The van der Waals surface area contributed by atoms with Crippen LogP contribution >= 0.6 is 0 Å². The molecule has 7 nitrogen and oxygen atoms in total. The van der Waals surface area contributed by atoms with Gasteiger partial charge in [-0.1, -0.05) is 30.3 Å². The molecule has 4 rings (SSSR count). The summed E-state index contributed by atoms with van der Waals surface area (Å²) in [5.74, 6) is 0.607. The lowest BCUT2D eigenvalue weighted by Gasteiger charge is -2.36. The molecule has 0 radical (unpaired) electrons. The highest BCUT2D eigenvalue weighted by molar-refractivity contribution is 6.07. The monoisotopic (exact) mass is 379 g/mol. The third-order valence-electron chi connectivity index (χ3n) is 5.58. The van der Waals surface area contributed by atoms with E-state index >= 15 is 0 Å². The van der Waals surface area contributed by atoms with E-state index in [1.165, 1.54) is 0 Å². The molecule has 0 N–H and O–H groups in total. The largest absolute Gasteiger partial charge is 0.340 e. The first-order valence-corrected chi connectivity index (χ1v) is 9.71. The Morgan fingerprint density at radius 2 is 1.64 bits per heavy atom. The second kappa shape index (κ2) is 7.58. The van der Waals surface area contributed by atoms with Gasteiger partial charge in [0.1, 0.15) is 5.41 Å². The summed E-state index contributed by atoms with van der Waals surface area (Å²) in [6.45, 7) is 3.07. The highest BCUT2D eigenvalue weighted by atomic mass is 16.2. The summed E-state index contributed by atoms with van der Waals surface area (Å²) in [5, 5.41) is 0. The third-order valence-corrected chi connectivity index (χ3v) is 5.58. The van der Waals surface area contributed by atoms with Gasteiger partial charge >= 0.3 is 0 Å². The van der Waals surface area contributed by atoms with Gasteiger partial charge in [-0.05, 0) is 24.5 Å². The molecule has 0 unspecified atom stereocenters. The summed E-state index contributed by atoms with van der Waals surface area (Å²) >= 11 is 0. The van der Waals surface area contributed by atoms with Gasteiger partial charge in [0.25, 0.3) is 0 Å². The number of hydrogen-bond donors (Lipinski definition) is 0. The maximum Gasteiger partial charge on any atom is 0.238 e. The van der Waals surface area contributed by atoms with E-state index in [0.29, 0.717) is 51.5 Å². The minimum Gasteiger partial charge on any atom is -0.340 e. The van der Waals surface area contributed by atoms with Crippen molar-refractivity contribution >= 4 is 17.8 Å². The van der Waals surface area contributed by atoms with Gasteiger partial charge in [0.15, 0.2) is 0 Å². The lowest BCUT2D eigenvalue weighted by atomic mass is 10.0. The van der Waals surface area contributed by atoms with E-state index in [4.69, 9.17) is 0 Å². The zero-order chi connectivity index (χ0) is 19.6. The van der Waals surface area contributed by atoms with Crippen LogP contribution in [0.5, 0.6) is 0 Å². The number of piperazine rings is 1. The van der Waals surface area contributed by atoms with Crippen molar-refractivity contribution in [2.24, 2.45) is 5.41 Å². The molecular formula is C21H25N5O2. The average Bonchev–Trinajstić information content (AvgIpc) is 3.56. The number of carbonyl (C=O) groups is 2. The molecule has 0 bridgehead atoms. The van der Waals surface area contributed by atoms with Gasteiger partial charge in [-0.2, -0.15) is 0 Å². The van der Waals surface area contributed by atoms with Crippen molar-refractivity contribution in [2.75, 3.05) is 38.1 Å². The maximum atomic E-state index is 13.2. The van der Waals surface area contributed by atoms with Crippen LogP contribution in [0.4, 0.5) is 5.95 Å². The predicted octanol–water partition coefficient (Wildman–Crippen LogP) is 1.56. The van der Waals surface area contributed by atoms with Crippen molar-refractivity contribution in [1.82, 2.24) is 19.8 Å². The van der Waals surface area contributed by atoms with E-state index in [0.717, 1.165) is 5.56 Å². The molecule has 1 aromatic heterocycles. The van der Waals surface area contributed by atoms with Crippen LogP contribution < -0.4 is 4.90 Å². The number of nitrogens with zero attached hydrogens (tertiary/aromatic N) is 5. The molecule has 1 aliphatic heterocycles. The number of anilines is 1. The van der Waals surface area contributed by atoms with Crippen LogP contribution in [0.2, 0.25) is 0 Å². The van der Waals surface area contributed by atoms with Gasteiger partial charge in [0.2, 0.25) is 17.8 Å². The van der Waals surface area contributed by atoms with E-state index < -0.39 is 5.41 Å². The Morgan fingerprint density at radius 1 is 1.00 bits per heavy atom. The molecule has 1 saturated heterocycles. The first kappa shape index (κ1) is 18.4. The fraction of sp³-hybridized carbons (Fsp3) is 0.429. The lowest BCUT2D eigenvalue weighted by Crippen LogP contribution is -2.53. The van der Waals surface area contributed by atoms with Crippen molar-refractivity contribution in [3.8, 4) is 0 Å². The zero-order valence-corrected chi connectivity index (χ0v) is 16.1. The normalized spacial score (nSPS) is 17.9. The summed E-state index contributed by atoms with van der Waals surface area (Å²) in [6, 6.07) is 11.7. The van der Waals surface area contributed by atoms with E-state index in [2.05, 4.69) is 14.9 Å². The SMILES string of the molecule is CN(Cc1ccccc1)C(=O)C1(C(=O)N2CCN(c3ncccn3)CC2)CC1. The van der Waals surface area contributed by atoms with Crippen LogP contribution in [0, 0.1) is 5.41 Å². The Morgan fingerprint density at radius 3 is 2.25 bits per heavy atom. The molecule has 1 saturated carbocycles. The summed E-state index contributed by atoms with van der Waals surface area (Å²) in [7, 11) is 1.79. The molecule has 2 amide bonds. The number of amides is 2. The number of hydrogen-bond acceptors (Lipinski definition) is 5. The lowest BCUT2D eigenvalue weighted by molar-refractivity contribution is -0.149. The molecule has 2 aromatic rings. The minimum absolute atomic E-state index is 0.0222. The summed E-state index contributed by atoms with van der Waals surface area (Å²) in [4.78, 5) is 40.4. The van der Waals surface area contributed by atoms with E-state index in [-0.39, 0.29) is 11.8 Å². The van der Waals surface area contributed by atoms with Crippen LogP contribution in [0.1, 0.15) is 18.4 Å². The molecule has 2 fully saturated rings. The smallest absolute Gasteiger partial charge is 0.238 e. The van der Waals surface area contributed by atoms with Gasteiger partial charge < -0.3 is 14.7 Å². The van der Waals surface area contributed by atoms with Crippen LogP contribution in [-0.2, 0) is 16.1 Å². The summed E-state index contributed by atoms with van der Waals surface area (Å²) < 4.78 is 0. The Labute approximate surface area is 165 Å². The van der Waals surface area contributed by atoms with Crippen molar-refractivity contribution in [3.63, 3.8) is 0 Å². The predicted molar refractivity (Wildman–Crippen MR) is 105 cm³/mol. The van der Waals surface area contributed by atoms with Crippen molar-refractivity contribution in [2.45, 2.75) is 19.4 Å². The quantitative estimate of drug-likeness (QED) is 0.738. The molecule has 0 atom stereocenters. The molecule has 1 aliphatic carbocycles. The summed E-state index contributed by atoms with van der Waals surface area (Å²) in [6.07, 6.45) is 4.73. The highest BCUT2D eigenvalue weighted by Gasteiger charge is 2.59. The fourth-order valence-electron chi connectivity index (χ4n) is 3.81. The first-order valence-electron chi connectivity index (χ1n) is 9.71. The second-order valence-electron chi connectivity index (χ2n) is 7.56. The van der Waals surface area contributed by atoms with Gasteiger partial charge in [0.05, 0.1) is 0 Å². The van der Waals surface area contributed by atoms with E-state index in [1.807, 2.05) is 35.2 Å². The number of rotatable bonds is 5. The van der Waals surface area contributed by atoms with Crippen LogP contribution in [0.15, 0.2) is 48.8 Å². The highest BCUT2D eigenvalue weighted by Crippen LogP contribution is 2.49. The number of benzene rings is 1. The number of carbonyl (C=O) groups excluding carboxylic acids is 2. The van der Waals surface area contributed by atoms with Gasteiger partial charge in [-0.15, -0.1) is 0 Å². The molecule has 2 heterocycles. The first-order chi connectivity index (χ1) is 13.6. The molecule has 7 heteroatoms. The van der Waals surface area contributed by atoms with Crippen LogP contribution in [0.3, 0.4) is 0 Å². The second-order valence-corrected chi connectivity index (χ2v) is 7.56. The molecule has 1 aromatic carbocycles. The van der Waals surface area contributed by atoms with Gasteiger partial charge in [-0.3, -0.25) is 9.59 Å². The van der Waals surface area contributed by atoms with E-state index in [1.54, 1.807) is 30.4 Å². The Kier molecular flexibility index (Phi) is 4.98.